The van der Waals surface area contributed by atoms with Crippen molar-refractivity contribution in [1.82, 2.24) is 0 Å². The molecule has 0 fully saturated rings. The molecular formula is C16H19N3. The third kappa shape index (κ3) is 2.45. The molecule has 0 heterocycles. The number of hydrogen-bond acceptors (Lipinski definition) is 1. The summed E-state index contributed by atoms with van der Waals surface area (Å²) in [6, 6.07) is 14.0. The maximum absolute atomic E-state index is 7.89. The van der Waals surface area contributed by atoms with E-state index < -0.39 is 0 Å². The molecule has 0 radical (unpaired) electrons. The van der Waals surface area contributed by atoms with Crippen LogP contribution in [0.4, 0.5) is 11.4 Å². The number of rotatable bonds is 2. The first-order valence-corrected chi connectivity index (χ1v) is 6.28. The standard InChI is InChI=1S/C16H19N3/c1-11-8-6-10-15(13(11)3)19(16(17)18)14-9-5-4-7-12(14)2/h4-10H,1-3H3,(H3,17,18). The number of anilines is 2. The minimum atomic E-state index is 0.0306. The quantitative estimate of drug-likeness (QED) is 0.634. The molecule has 3 N–H and O–H groups in total. The van der Waals surface area contributed by atoms with Crippen molar-refractivity contribution in [3.63, 3.8) is 0 Å². The van der Waals surface area contributed by atoms with E-state index in [1.54, 1.807) is 4.90 Å². The van der Waals surface area contributed by atoms with Crippen LogP contribution in [0.25, 0.3) is 0 Å². The first-order valence-electron chi connectivity index (χ1n) is 6.28. The van der Waals surface area contributed by atoms with Gasteiger partial charge >= 0.3 is 0 Å². The number of benzene rings is 2. The van der Waals surface area contributed by atoms with Crippen LogP contribution in [0.1, 0.15) is 16.7 Å². The molecule has 0 aliphatic heterocycles. The summed E-state index contributed by atoms with van der Waals surface area (Å²) in [5, 5.41) is 7.89. The van der Waals surface area contributed by atoms with Crippen molar-refractivity contribution < 1.29 is 0 Å². The number of nitrogens with two attached hydrogens (primary N) is 1. The zero-order valence-electron chi connectivity index (χ0n) is 11.6. The molecule has 98 valence electrons. The molecule has 0 saturated carbocycles. The number of nitrogens with zero attached hydrogens (tertiary/aromatic N) is 1. The molecule has 3 nitrogen and oxygen atoms in total. The lowest BCUT2D eigenvalue weighted by molar-refractivity contribution is 1.20. The Morgan fingerprint density at radius 1 is 0.895 bits per heavy atom. The van der Waals surface area contributed by atoms with E-state index in [1.807, 2.05) is 43.3 Å². The van der Waals surface area contributed by atoms with E-state index >= 15 is 0 Å². The lowest BCUT2D eigenvalue weighted by atomic mass is 10.1. The van der Waals surface area contributed by atoms with E-state index in [-0.39, 0.29) is 5.96 Å². The molecule has 2 aromatic rings. The Balaban J connectivity index is 2.62. The zero-order chi connectivity index (χ0) is 14.0. The Kier molecular flexibility index (Phi) is 3.56. The van der Waals surface area contributed by atoms with Crippen LogP contribution in [0, 0.1) is 26.2 Å². The van der Waals surface area contributed by atoms with Crippen LogP contribution < -0.4 is 10.6 Å². The van der Waals surface area contributed by atoms with Crippen molar-refractivity contribution in [3.05, 3.63) is 59.2 Å². The Labute approximate surface area is 114 Å². The Hall–Kier alpha value is -2.29. The van der Waals surface area contributed by atoms with Crippen LogP contribution in [0.15, 0.2) is 42.5 Å². The number of para-hydroxylation sites is 1. The Morgan fingerprint density at radius 3 is 2.11 bits per heavy atom. The summed E-state index contributed by atoms with van der Waals surface area (Å²) < 4.78 is 0. The summed E-state index contributed by atoms with van der Waals surface area (Å²) in [6.45, 7) is 6.14. The molecule has 0 aliphatic carbocycles. The average Bonchev–Trinajstić information content (AvgIpc) is 2.37. The predicted molar refractivity (Wildman–Crippen MR) is 81.1 cm³/mol. The molecule has 0 amide bonds. The summed E-state index contributed by atoms with van der Waals surface area (Å²) in [5.74, 6) is 0.0306. The highest BCUT2D eigenvalue weighted by atomic mass is 15.2. The third-order valence-electron chi connectivity index (χ3n) is 3.41. The van der Waals surface area contributed by atoms with Crippen molar-refractivity contribution in [2.45, 2.75) is 20.8 Å². The van der Waals surface area contributed by atoms with Gasteiger partial charge in [-0.1, -0.05) is 30.3 Å². The maximum atomic E-state index is 7.89. The molecule has 0 aromatic heterocycles. The third-order valence-corrected chi connectivity index (χ3v) is 3.41. The normalized spacial score (nSPS) is 10.3. The largest absolute Gasteiger partial charge is 0.369 e. The van der Waals surface area contributed by atoms with Gasteiger partial charge in [0.1, 0.15) is 0 Å². The van der Waals surface area contributed by atoms with Crippen LogP contribution in [0.5, 0.6) is 0 Å². The van der Waals surface area contributed by atoms with Crippen LogP contribution in [-0.4, -0.2) is 5.96 Å². The molecule has 2 rings (SSSR count). The van der Waals surface area contributed by atoms with Gasteiger partial charge < -0.3 is 5.73 Å². The molecular weight excluding hydrogens is 234 g/mol. The number of hydrogen-bond donors (Lipinski definition) is 2. The second-order valence-electron chi connectivity index (χ2n) is 4.73. The van der Waals surface area contributed by atoms with Crippen molar-refractivity contribution >= 4 is 17.3 Å². The van der Waals surface area contributed by atoms with E-state index in [9.17, 15) is 0 Å². The summed E-state index contributed by atoms with van der Waals surface area (Å²) >= 11 is 0. The van der Waals surface area contributed by atoms with Gasteiger partial charge in [0, 0.05) is 0 Å². The van der Waals surface area contributed by atoms with Crippen molar-refractivity contribution in [1.29, 1.82) is 5.41 Å². The number of aryl methyl sites for hydroxylation is 2. The van der Waals surface area contributed by atoms with E-state index in [0.29, 0.717) is 0 Å². The summed E-state index contributed by atoms with van der Waals surface area (Å²) in [5.41, 5.74) is 11.1. The van der Waals surface area contributed by atoms with E-state index in [1.165, 1.54) is 5.56 Å². The minimum Gasteiger partial charge on any atom is -0.369 e. The van der Waals surface area contributed by atoms with E-state index in [2.05, 4.69) is 19.9 Å². The summed E-state index contributed by atoms with van der Waals surface area (Å²) in [7, 11) is 0. The SMILES string of the molecule is Cc1ccccc1N(C(=N)N)c1cccc(C)c1C. The molecule has 19 heavy (non-hydrogen) atoms. The first-order chi connectivity index (χ1) is 9.02. The minimum absolute atomic E-state index is 0.0306. The lowest BCUT2D eigenvalue weighted by Crippen LogP contribution is -2.33. The van der Waals surface area contributed by atoms with Crippen LogP contribution in [-0.2, 0) is 0 Å². The van der Waals surface area contributed by atoms with Crippen LogP contribution in [0.2, 0.25) is 0 Å². The predicted octanol–water partition coefficient (Wildman–Crippen LogP) is 3.64. The second kappa shape index (κ2) is 5.14. The number of nitrogens with one attached hydrogen (secondary N) is 1. The molecule has 3 heteroatoms. The molecule has 0 atom stereocenters. The zero-order valence-corrected chi connectivity index (χ0v) is 11.6. The van der Waals surface area contributed by atoms with Gasteiger partial charge in [-0.25, -0.2) is 0 Å². The van der Waals surface area contributed by atoms with Gasteiger partial charge in [-0.2, -0.15) is 0 Å². The van der Waals surface area contributed by atoms with E-state index in [0.717, 1.165) is 22.5 Å². The smallest absolute Gasteiger partial charge is 0.197 e. The topological polar surface area (TPSA) is 53.1 Å². The van der Waals surface area contributed by atoms with Gasteiger partial charge in [0.15, 0.2) is 5.96 Å². The molecule has 0 bridgehead atoms. The molecule has 2 aromatic carbocycles. The van der Waals surface area contributed by atoms with Crippen molar-refractivity contribution in [2.24, 2.45) is 5.73 Å². The summed E-state index contributed by atoms with van der Waals surface area (Å²) in [4.78, 5) is 1.79. The maximum Gasteiger partial charge on any atom is 0.197 e. The molecule has 0 saturated heterocycles. The van der Waals surface area contributed by atoms with E-state index in [4.69, 9.17) is 11.1 Å². The van der Waals surface area contributed by atoms with Gasteiger partial charge in [0.05, 0.1) is 11.4 Å². The fourth-order valence-corrected chi connectivity index (χ4v) is 2.18. The van der Waals surface area contributed by atoms with Crippen molar-refractivity contribution in [2.75, 3.05) is 4.90 Å². The first kappa shape index (κ1) is 13.1. The summed E-state index contributed by atoms with van der Waals surface area (Å²) in [6.07, 6.45) is 0. The monoisotopic (exact) mass is 253 g/mol. The number of guanidine groups is 1. The van der Waals surface area contributed by atoms with Crippen LogP contribution in [0.3, 0.4) is 0 Å². The molecule has 0 spiro atoms. The average molecular weight is 253 g/mol. The Morgan fingerprint density at radius 2 is 1.47 bits per heavy atom. The van der Waals surface area contributed by atoms with Gasteiger partial charge in [-0.15, -0.1) is 0 Å². The van der Waals surface area contributed by atoms with Gasteiger partial charge in [0.2, 0.25) is 0 Å². The molecule has 0 unspecified atom stereocenters. The van der Waals surface area contributed by atoms with Gasteiger partial charge in [-0.05, 0) is 49.6 Å². The highest BCUT2D eigenvalue weighted by Gasteiger charge is 2.16. The van der Waals surface area contributed by atoms with Gasteiger partial charge in [-0.3, -0.25) is 10.3 Å². The highest BCUT2D eigenvalue weighted by Crippen LogP contribution is 2.31. The fourth-order valence-electron chi connectivity index (χ4n) is 2.18. The lowest BCUT2D eigenvalue weighted by Gasteiger charge is -2.26. The fraction of sp³-hybridized carbons (Fsp3) is 0.188. The van der Waals surface area contributed by atoms with Crippen molar-refractivity contribution in [3.8, 4) is 0 Å². The highest BCUT2D eigenvalue weighted by molar-refractivity contribution is 6.01. The Bertz CT molecular complexity index is 617. The second-order valence-corrected chi connectivity index (χ2v) is 4.73. The van der Waals surface area contributed by atoms with Gasteiger partial charge in [0.25, 0.3) is 0 Å². The van der Waals surface area contributed by atoms with Crippen LogP contribution >= 0.6 is 0 Å². The molecule has 0 aliphatic rings.